The minimum absolute atomic E-state index is 0.0287. The first-order chi connectivity index (χ1) is 7.97. The van der Waals surface area contributed by atoms with Gasteiger partial charge in [0.25, 0.3) is 0 Å². The Bertz CT molecular complexity index is 417. The summed E-state index contributed by atoms with van der Waals surface area (Å²) >= 11 is 0. The molecule has 92 valence electrons. The van der Waals surface area contributed by atoms with Crippen LogP contribution in [0, 0.1) is 0 Å². The highest BCUT2D eigenvalue weighted by Crippen LogP contribution is 2.31. The number of alkyl halides is 3. The number of nitrogens with two attached hydrogens (primary N) is 1. The minimum Gasteiger partial charge on any atom is -0.324 e. The highest BCUT2D eigenvalue weighted by molar-refractivity contribution is 5.67. The van der Waals surface area contributed by atoms with Crippen molar-refractivity contribution < 1.29 is 13.2 Å². The van der Waals surface area contributed by atoms with Crippen molar-refractivity contribution in [2.45, 2.75) is 31.5 Å². The summed E-state index contributed by atoms with van der Waals surface area (Å²) in [6.07, 6.45) is 0.513. The highest BCUT2D eigenvalue weighted by atomic mass is 19.4. The summed E-state index contributed by atoms with van der Waals surface area (Å²) in [5, 5.41) is 0. The smallest absolute Gasteiger partial charge is 0.324 e. The van der Waals surface area contributed by atoms with Crippen LogP contribution >= 0.6 is 0 Å². The number of allylic oxidation sites excluding steroid dienone is 1. The third kappa shape index (κ3) is 2.88. The van der Waals surface area contributed by atoms with Crippen LogP contribution in [0.1, 0.15) is 30.4 Å². The van der Waals surface area contributed by atoms with Gasteiger partial charge >= 0.3 is 6.18 Å². The lowest BCUT2D eigenvalue weighted by Crippen LogP contribution is -2.20. The monoisotopic (exact) mass is 241 g/mol. The molecule has 17 heavy (non-hydrogen) atoms. The van der Waals surface area contributed by atoms with Crippen molar-refractivity contribution in [1.82, 2.24) is 0 Å². The molecule has 0 aliphatic heterocycles. The topological polar surface area (TPSA) is 26.0 Å². The van der Waals surface area contributed by atoms with Gasteiger partial charge in [0, 0.05) is 6.04 Å². The van der Waals surface area contributed by atoms with Gasteiger partial charge in [-0.2, -0.15) is 13.2 Å². The molecule has 0 heterocycles. The van der Waals surface area contributed by atoms with Crippen LogP contribution < -0.4 is 5.73 Å². The quantitative estimate of drug-likeness (QED) is 0.798. The zero-order valence-electron chi connectivity index (χ0n) is 9.30. The second-order valence-electron chi connectivity index (χ2n) is 4.32. The number of rotatable bonds is 1. The van der Waals surface area contributed by atoms with Crippen molar-refractivity contribution in [2.75, 3.05) is 0 Å². The van der Waals surface area contributed by atoms with E-state index in [9.17, 15) is 13.2 Å². The summed E-state index contributed by atoms with van der Waals surface area (Å²) in [5.74, 6) is 0. The van der Waals surface area contributed by atoms with Gasteiger partial charge in [0.1, 0.15) is 0 Å². The van der Waals surface area contributed by atoms with Gasteiger partial charge in [0.05, 0.1) is 5.56 Å². The summed E-state index contributed by atoms with van der Waals surface area (Å²) in [4.78, 5) is 0. The Kier molecular flexibility index (Phi) is 3.24. The average Bonchev–Trinajstić information content (AvgIpc) is 2.28. The van der Waals surface area contributed by atoms with E-state index < -0.39 is 11.7 Å². The molecule has 1 nitrogen and oxygen atoms in total. The summed E-state index contributed by atoms with van der Waals surface area (Å²) in [6, 6.07) is 5.31. The number of hydrogen-bond acceptors (Lipinski definition) is 1. The van der Waals surface area contributed by atoms with E-state index in [1.54, 1.807) is 0 Å². The normalized spacial score (nSPS) is 21.2. The Balaban J connectivity index is 2.24. The third-order valence-corrected chi connectivity index (χ3v) is 2.98. The molecular formula is C13H14F3N. The first-order valence-corrected chi connectivity index (χ1v) is 5.61. The van der Waals surface area contributed by atoms with Gasteiger partial charge in [-0.15, -0.1) is 0 Å². The number of halogens is 3. The van der Waals surface area contributed by atoms with E-state index in [0.29, 0.717) is 0 Å². The molecule has 2 rings (SSSR count). The van der Waals surface area contributed by atoms with E-state index in [1.165, 1.54) is 12.1 Å². The van der Waals surface area contributed by atoms with E-state index in [4.69, 9.17) is 5.73 Å². The number of hydrogen-bond donors (Lipinski definition) is 1. The maximum absolute atomic E-state index is 12.4. The van der Waals surface area contributed by atoms with Crippen LogP contribution in [0.25, 0.3) is 5.57 Å². The maximum atomic E-state index is 12.4. The first kappa shape index (κ1) is 12.2. The maximum Gasteiger partial charge on any atom is 0.416 e. The fourth-order valence-electron chi connectivity index (χ4n) is 2.07. The molecule has 1 aromatic rings. The van der Waals surface area contributed by atoms with Crippen LogP contribution in [-0.4, -0.2) is 6.04 Å². The fourth-order valence-corrected chi connectivity index (χ4v) is 2.07. The van der Waals surface area contributed by atoms with Crippen molar-refractivity contribution in [3.63, 3.8) is 0 Å². The van der Waals surface area contributed by atoms with Crippen molar-refractivity contribution in [2.24, 2.45) is 5.73 Å². The van der Waals surface area contributed by atoms with E-state index in [-0.39, 0.29) is 6.04 Å². The van der Waals surface area contributed by atoms with Gasteiger partial charge in [-0.3, -0.25) is 0 Å². The molecule has 1 unspecified atom stereocenters. The van der Waals surface area contributed by atoms with Crippen molar-refractivity contribution >= 4 is 5.57 Å². The Hall–Kier alpha value is -1.29. The van der Waals surface area contributed by atoms with Gasteiger partial charge < -0.3 is 5.73 Å². The highest BCUT2D eigenvalue weighted by Gasteiger charge is 2.30. The largest absolute Gasteiger partial charge is 0.416 e. The molecule has 0 spiro atoms. The lowest BCUT2D eigenvalue weighted by Gasteiger charge is -2.18. The minimum atomic E-state index is -4.27. The van der Waals surface area contributed by atoms with E-state index >= 15 is 0 Å². The van der Waals surface area contributed by atoms with E-state index in [0.717, 1.165) is 42.5 Å². The first-order valence-electron chi connectivity index (χ1n) is 5.61. The average molecular weight is 241 g/mol. The molecular weight excluding hydrogens is 227 g/mol. The van der Waals surface area contributed by atoms with Gasteiger partial charge in [0.2, 0.25) is 0 Å². The summed E-state index contributed by atoms with van der Waals surface area (Å²) in [7, 11) is 0. The third-order valence-electron chi connectivity index (χ3n) is 2.98. The van der Waals surface area contributed by atoms with Crippen LogP contribution in [0.15, 0.2) is 30.3 Å². The van der Waals surface area contributed by atoms with Gasteiger partial charge in [-0.1, -0.05) is 18.2 Å². The number of benzene rings is 1. The summed E-state index contributed by atoms with van der Waals surface area (Å²) < 4.78 is 37.2. The molecule has 0 saturated heterocycles. The predicted octanol–water partition coefficient (Wildman–Crippen LogP) is 3.60. The van der Waals surface area contributed by atoms with E-state index in [1.807, 2.05) is 6.08 Å². The lowest BCUT2D eigenvalue weighted by atomic mass is 9.91. The van der Waals surface area contributed by atoms with Gasteiger partial charge in [-0.25, -0.2) is 0 Å². The van der Waals surface area contributed by atoms with Gasteiger partial charge in [-0.05, 0) is 42.5 Å². The molecule has 4 heteroatoms. The van der Waals surface area contributed by atoms with Crippen LogP contribution in [0.4, 0.5) is 13.2 Å². The van der Waals surface area contributed by atoms with E-state index in [2.05, 4.69) is 0 Å². The molecule has 1 atom stereocenters. The lowest BCUT2D eigenvalue weighted by molar-refractivity contribution is -0.137. The van der Waals surface area contributed by atoms with Crippen LogP contribution in [0.3, 0.4) is 0 Å². The van der Waals surface area contributed by atoms with Crippen LogP contribution in [0.5, 0.6) is 0 Å². The molecule has 0 saturated carbocycles. The molecule has 1 aliphatic carbocycles. The van der Waals surface area contributed by atoms with Crippen LogP contribution in [-0.2, 0) is 6.18 Å². The Morgan fingerprint density at radius 3 is 2.29 bits per heavy atom. The summed E-state index contributed by atoms with van der Waals surface area (Å²) in [6.45, 7) is 0. The van der Waals surface area contributed by atoms with Gasteiger partial charge in [0.15, 0.2) is 0 Å². The van der Waals surface area contributed by atoms with Crippen LogP contribution in [0.2, 0.25) is 0 Å². The standard InChI is InChI=1S/C13H14F3N/c14-13(15,16)11-6-4-9(5-7-11)10-2-1-3-12(17)8-10/h4-8,12H,1-3,17H2. The van der Waals surface area contributed by atoms with Crippen molar-refractivity contribution in [3.8, 4) is 0 Å². The Labute approximate surface area is 98.1 Å². The fraction of sp³-hybridized carbons (Fsp3) is 0.385. The SMILES string of the molecule is NC1C=C(c2ccc(C(F)(F)F)cc2)CCC1. The molecule has 0 fully saturated rings. The summed E-state index contributed by atoms with van der Waals surface area (Å²) in [5.41, 5.74) is 7.09. The Morgan fingerprint density at radius 2 is 1.76 bits per heavy atom. The second-order valence-corrected chi connectivity index (χ2v) is 4.32. The Morgan fingerprint density at radius 1 is 1.12 bits per heavy atom. The van der Waals surface area contributed by atoms with Crippen molar-refractivity contribution in [1.29, 1.82) is 0 Å². The molecule has 0 amide bonds. The second kappa shape index (κ2) is 4.53. The molecule has 0 radical (unpaired) electrons. The molecule has 1 aliphatic rings. The molecule has 0 bridgehead atoms. The predicted molar refractivity (Wildman–Crippen MR) is 61.2 cm³/mol. The van der Waals surface area contributed by atoms with Crippen molar-refractivity contribution in [3.05, 3.63) is 41.5 Å². The molecule has 1 aromatic carbocycles. The molecule has 0 aromatic heterocycles. The zero-order valence-corrected chi connectivity index (χ0v) is 9.30. The zero-order chi connectivity index (χ0) is 12.5. The molecule has 2 N–H and O–H groups in total.